The smallest absolute Gasteiger partial charge is 0.408 e. The first-order valence-electron chi connectivity index (χ1n) is 16.3. The predicted octanol–water partition coefficient (Wildman–Crippen LogP) is 1.33. The third-order valence-electron chi connectivity index (χ3n) is 7.52. The van der Waals surface area contributed by atoms with Crippen molar-refractivity contribution in [3.63, 3.8) is 0 Å². The van der Waals surface area contributed by atoms with Gasteiger partial charge in [0.2, 0.25) is 23.6 Å². The number of nitrogens with two attached hydrogens (primary N) is 1. The maximum Gasteiger partial charge on any atom is 0.408 e. The monoisotopic (exact) mass is 706 g/mol. The van der Waals surface area contributed by atoms with Gasteiger partial charge in [-0.15, -0.1) is 0 Å². The Morgan fingerprint density at radius 1 is 0.706 bits per heavy atom. The highest BCUT2D eigenvalue weighted by Crippen LogP contribution is 2.13. The summed E-state index contributed by atoms with van der Waals surface area (Å²) in [4.78, 5) is 98.6. The van der Waals surface area contributed by atoms with Gasteiger partial charge in [0.05, 0.1) is 6.42 Å². The summed E-state index contributed by atoms with van der Waals surface area (Å²) >= 11 is 0. The van der Waals surface area contributed by atoms with E-state index in [2.05, 4.69) is 21.3 Å². The fourth-order valence-electron chi connectivity index (χ4n) is 4.64. The topological polar surface area (TPSA) is 232 Å². The Kier molecular flexibility index (Phi) is 15.3. The van der Waals surface area contributed by atoms with Crippen LogP contribution in [0.3, 0.4) is 0 Å². The summed E-state index contributed by atoms with van der Waals surface area (Å²) in [6.45, 7) is 3.04. The molecule has 1 heterocycles. The van der Waals surface area contributed by atoms with E-state index in [4.69, 9.17) is 15.2 Å². The van der Waals surface area contributed by atoms with E-state index in [0.29, 0.717) is 37.1 Å². The number of hydrogen-bond acceptors (Lipinski definition) is 10. The molecule has 3 unspecified atom stereocenters. The minimum Gasteiger partial charge on any atom is -0.461 e. The second kappa shape index (κ2) is 19.8. The van der Waals surface area contributed by atoms with Crippen LogP contribution in [0.2, 0.25) is 0 Å². The summed E-state index contributed by atoms with van der Waals surface area (Å²) in [6.07, 6.45) is 3.01. The number of anilines is 1. The fraction of sp³-hybridized carbons (Fsp3) is 0.371. The van der Waals surface area contributed by atoms with Crippen molar-refractivity contribution in [2.24, 2.45) is 5.73 Å². The molecule has 6 N–H and O–H groups in total. The van der Waals surface area contributed by atoms with Crippen LogP contribution in [0, 0.1) is 0 Å². The Balaban J connectivity index is 1.39. The maximum atomic E-state index is 13.0. The van der Waals surface area contributed by atoms with E-state index < -0.39 is 60.2 Å². The number of nitrogens with one attached hydrogen (secondary N) is 4. The van der Waals surface area contributed by atoms with Crippen LogP contribution in [-0.4, -0.2) is 77.1 Å². The molecule has 0 radical (unpaired) electrons. The van der Waals surface area contributed by atoms with Crippen LogP contribution in [-0.2, 0) is 56.2 Å². The second-order valence-corrected chi connectivity index (χ2v) is 11.7. The number of carbonyl (C=O) groups excluding carboxylic acids is 8. The number of benzene rings is 2. The highest BCUT2D eigenvalue weighted by atomic mass is 16.5. The fourth-order valence-corrected chi connectivity index (χ4v) is 4.64. The van der Waals surface area contributed by atoms with Gasteiger partial charge >= 0.3 is 12.1 Å². The highest BCUT2D eigenvalue weighted by Gasteiger charge is 2.27. The van der Waals surface area contributed by atoms with Gasteiger partial charge in [0.1, 0.15) is 31.3 Å². The molecule has 2 aromatic carbocycles. The van der Waals surface area contributed by atoms with Crippen LogP contribution in [0.4, 0.5) is 10.5 Å². The Morgan fingerprint density at radius 2 is 1.29 bits per heavy atom. The molecule has 7 amide bonds. The van der Waals surface area contributed by atoms with Crippen molar-refractivity contribution < 1.29 is 47.8 Å². The first-order chi connectivity index (χ1) is 24.3. The molecule has 1 aliphatic rings. The van der Waals surface area contributed by atoms with Crippen molar-refractivity contribution in [3.05, 3.63) is 77.9 Å². The van der Waals surface area contributed by atoms with Crippen LogP contribution in [0.1, 0.15) is 57.1 Å². The Bertz CT molecular complexity index is 1590. The zero-order chi connectivity index (χ0) is 37.3. The second-order valence-electron chi connectivity index (χ2n) is 11.7. The number of ether oxygens (including phenoxy) is 2. The summed E-state index contributed by atoms with van der Waals surface area (Å²) < 4.78 is 10.4. The van der Waals surface area contributed by atoms with Crippen molar-refractivity contribution in [2.45, 2.75) is 77.3 Å². The van der Waals surface area contributed by atoms with E-state index in [1.165, 1.54) is 26.0 Å². The number of carbonyl (C=O) groups is 8. The molecule has 0 saturated heterocycles. The van der Waals surface area contributed by atoms with Crippen LogP contribution in [0.5, 0.6) is 0 Å². The molecule has 3 rings (SSSR count). The number of alkyl carbamates (subject to hydrolysis) is 1. The van der Waals surface area contributed by atoms with Crippen molar-refractivity contribution in [1.82, 2.24) is 20.9 Å². The van der Waals surface area contributed by atoms with Gasteiger partial charge in [-0.25, -0.2) is 4.79 Å². The lowest BCUT2D eigenvalue weighted by atomic mass is 10.1. The first kappa shape index (κ1) is 39.4. The normalized spacial score (nSPS) is 13.8. The zero-order valence-electron chi connectivity index (χ0n) is 28.3. The van der Waals surface area contributed by atoms with E-state index >= 15 is 0 Å². The molecule has 0 bridgehead atoms. The standard InChI is InChI=1S/C35H42N6O10/c1-22(37-32(46)23(2)38-35(49)51-21-24-9-5-3-6-10-24)33(47)40-27(19-28(36)42)34(48)39-26-14-12-25(13-15-26)20-50-31(45)11-7-4-8-18-41-29(43)16-17-30(41)44/h3,5-6,9-10,12-17,22-23,27H,4,7-8,11,18-21H2,1-2H3,(H2,36,42)(H,37,46)(H,38,49)(H,39,48)(H,40,47). The van der Waals surface area contributed by atoms with Crippen molar-refractivity contribution in [3.8, 4) is 0 Å². The highest BCUT2D eigenvalue weighted by molar-refractivity contribution is 6.12. The van der Waals surface area contributed by atoms with Crippen molar-refractivity contribution >= 4 is 53.2 Å². The molecule has 16 heteroatoms. The van der Waals surface area contributed by atoms with Gasteiger partial charge in [0.25, 0.3) is 11.8 Å². The van der Waals surface area contributed by atoms with Gasteiger partial charge in [0, 0.05) is 30.8 Å². The predicted molar refractivity (Wildman–Crippen MR) is 182 cm³/mol. The minimum absolute atomic E-state index is 0.0000692. The number of hydrogen-bond donors (Lipinski definition) is 5. The molecule has 2 aromatic rings. The lowest BCUT2D eigenvalue weighted by Gasteiger charge is -2.22. The quantitative estimate of drug-likeness (QED) is 0.0799. The summed E-state index contributed by atoms with van der Waals surface area (Å²) in [5.41, 5.74) is 7.02. The maximum absolute atomic E-state index is 13.0. The third-order valence-corrected chi connectivity index (χ3v) is 7.52. The summed E-state index contributed by atoms with van der Waals surface area (Å²) in [7, 11) is 0. The first-order valence-corrected chi connectivity index (χ1v) is 16.3. The van der Waals surface area contributed by atoms with E-state index in [1.54, 1.807) is 48.5 Å². The van der Waals surface area contributed by atoms with Gasteiger partial charge in [0.15, 0.2) is 0 Å². The third kappa shape index (κ3) is 13.8. The van der Waals surface area contributed by atoms with E-state index in [-0.39, 0.29) is 31.4 Å². The van der Waals surface area contributed by atoms with E-state index in [1.807, 2.05) is 6.07 Å². The van der Waals surface area contributed by atoms with Crippen LogP contribution in [0.15, 0.2) is 66.7 Å². The van der Waals surface area contributed by atoms with Gasteiger partial charge < -0.3 is 36.5 Å². The van der Waals surface area contributed by atoms with Gasteiger partial charge in [-0.3, -0.25) is 38.5 Å². The Morgan fingerprint density at radius 3 is 1.94 bits per heavy atom. The molecule has 272 valence electrons. The van der Waals surface area contributed by atoms with Crippen molar-refractivity contribution in [1.29, 1.82) is 0 Å². The SMILES string of the molecule is CC(NC(=O)OCc1ccccc1)C(=O)NC(C)C(=O)NC(CC(N)=O)C(=O)Nc1ccc(COC(=O)CCCCCN2C(=O)C=CC2=O)cc1. The summed E-state index contributed by atoms with van der Waals surface area (Å²) in [5, 5.41) is 9.80. The Hall–Kier alpha value is -6.06. The summed E-state index contributed by atoms with van der Waals surface area (Å²) in [5.74, 6) is -4.16. The molecule has 0 aliphatic carbocycles. The molecule has 51 heavy (non-hydrogen) atoms. The van der Waals surface area contributed by atoms with E-state index in [0.717, 1.165) is 10.5 Å². The van der Waals surface area contributed by atoms with Crippen LogP contribution in [0.25, 0.3) is 0 Å². The molecular weight excluding hydrogens is 664 g/mol. The van der Waals surface area contributed by atoms with Gasteiger partial charge in [-0.05, 0) is 49.9 Å². The van der Waals surface area contributed by atoms with Crippen molar-refractivity contribution in [2.75, 3.05) is 11.9 Å². The average molecular weight is 707 g/mol. The number of nitrogens with zero attached hydrogens (tertiary/aromatic N) is 1. The molecule has 1 aliphatic heterocycles. The number of rotatable bonds is 19. The summed E-state index contributed by atoms with van der Waals surface area (Å²) in [6, 6.07) is 11.7. The molecule has 3 atom stereocenters. The van der Waals surface area contributed by atoms with Gasteiger partial charge in [-0.1, -0.05) is 48.9 Å². The number of amides is 7. The lowest BCUT2D eigenvalue weighted by molar-refractivity contribution is -0.145. The number of primary amides is 1. The molecule has 16 nitrogen and oxygen atoms in total. The number of esters is 1. The number of unbranched alkanes of at least 4 members (excludes halogenated alkanes) is 2. The number of imide groups is 1. The molecule has 0 spiro atoms. The van der Waals surface area contributed by atoms with E-state index in [9.17, 15) is 38.4 Å². The molecule has 0 fully saturated rings. The van der Waals surface area contributed by atoms with Gasteiger partial charge in [-0.2, -0.15) is 0 Å². The lowest BCUT2D eigenvalue weighted by Crippen LogP contribution is -2.55. The largest absolute Gasteiger partial charge is 0.461 e. The van der Waals surface area contributed by atoms with Crippen LogP contribution < -0.4 is 27.0 Å². The minimum atomic E-state index is -1.37. The molecular formula is C35H42N6O10. The zero-order valence-corrected chi connectivity index (χ0v) is 28.3. The molecule has 0 aromatic heterocycles. The average Bonchev–Trinajstić information content (AvgIpc) is 3.42. The Labute approximate surface area is 294 Å². The van der Waals surface area contributed by atoms with Crippen LogP contribution >= 0.6 is 0 Å². The molecule has 0 saturated carbocycles.